The zero-order chi connectivity index (χ0) is 46.4. The van der Waals surface area contributed by atoms with E-state index in [1.165, 1.54) is 31.2 Å². The third-order valence-corrected chi connectivity index (χ3v) is 16.3. The molecule has 0 atom stereocenters. The highest BCUT2D eigenvalue weighted by Crippen LogP contribution is 2.47. The highest BCUT2D eigenvalue weighted by molar-refractivity contribution is 8.04. The van der Waals surface area contributed by atoms with Crippen LogP contribution in [0.1, 0.15) is 24.0 Å². The third-order valence-electron chi connectivity index (χ3n) is 12.0. The third kappa shape index (κ3) is 11.4. The lowest BCUT2D eigenvalue weighted by atomic mass is 10.1. The van der Waals surface area contributed by atoms with Crippen LogP contribution >= 0.6 is 47.0 Å². The first-order valence-electron chi connectivity index (χ1n) is 22.7. The standard InChI is InChI=1S/C56H48N6O2S4.2HI/c1-59-47-25-13-15-27-49(47)67-53(59)35-39-37-55(61(41-17-5-3-6-18-41)45-23-11-9-21-43(39)45)65-33-31-57-51(63)29-30-52(64)58-32-34-66-56-38-40(36-54-60(2)48-26-14-16-28-50(48)68-54)44-22-10-12-24-46(44)62(56)42-19-7-4-8-20-42;;/h3-28,35-38H,29-34H2,1-2H3;2*1H. The zero-order valence-corrected chi connectivity index (χ0v) is 46.1. The number of anilines is 2. The number of para-hydroxylation sites is 6. The monoisotopic (exact) mass is 1220 g/mol. The van der Waals surface area contributed by atoms with Gasteiger partial charge in [0.1, 0.15) is 0 Å². The molecule has 0 aliphatic carbocycles. The SMILES string of the molecule is CN1C(=Cc2cc(SCCNC(=O)CCC(=O)NCCSc3cc(C=C4Sc5ccccc5N4C)c4ccccc4[n+]3-c3ccccc3)[n+](-c3ccccc3)c3ccccc23)Sc2ccccc21.[I-].[I-]. The van der Waals surface area contributed by atoms with E-state index in [-0.39, 0.29) is 72.6 Å². The molecular weight excluding hydrogens is 1170 g/mol. The van der Waals surface area contributed by atoms with Gasteiger partial charge in [0, 0.05) is 110 Å². The Balaban J connectivity index is 0.00000329. The maximum atomic E-state index is 13.1. The first-order chi connectivity index (χ1) is 33.4. The Bertz CT molecular complexity index is 3030. The van der Waals surface area contributed by atoms with E-state index in [4.69, 9.17) is 0 Å². The molecule has 0 unspecified atom stereocenters. The molecule has 2 amide bonds. The maximum absolute atomic E-state index is 13.1. The molecule has 0 spiro atoms. The molecule has 8 nitrogen and oxygen atoms in total. The second kappa shape index (κ2) is 24.0. The molecule has 0 saturated carbocycles. The quantitative estimate of drug-likeness (QED) is 0.0602. The summed E-state index contributed by atoms with van der Waals surface area (Å²) in [6.45, 7) is 0.947. The highest BCUT2D eigenvalue weighted by atomic mass is 127. The van der Waals surface area contributed by atoms with Gasteiger partial charge in [-0.3, -0.25) is 9.59 Å². The number of carbonyl (C=O) groups excluding carboxylic acids is 2. The van der Waals surface area contributed by atoms with E-state index in [0.29, 0.717) is 24.6 Å². The van der Waals surface area contributed by atoms with Gasteiger partial charge in [0.2, 0.25) is 44.3 Å². The Hall–Kier alpha value is -4.98. The Morgan fingerprint density at radius 3 is 1.30 bits per heavy atom. The number of nitrogens with one attached hydrogen (secondary N) is 2. The predicted molar refractivity (Wildman–Crippen MR) is 285 cm³/mol. The number of rotatable bonds is 15. The fourth-order valence-electron chi connectivity index (χ4n) is 8.61. The van der Waals surface area contributed by atoms with Crippen LogP contribution < -0.4 is 77.5 Å². The number of aromatic nitrogens is 2. The summed E-state index contributed by atoms with van der Waals surface area (Å²) in [7, 11) is 4.25. The number of benzene rings is 6. The van der Waals surface area contributed by atoms with Gasteiger partial charge in [-0.1, -0.05) is 132 Å². The van der Waals surface area contributed by atoms with Crippen LogP contribution in [0.25, 0.3) is 45.3 Å². The van der Waals surface area contributed by atoms with Crippen LogP contribution in [0.2, 0.25) is 0 Å². The van der Waals surface area contributed by atoms with Crippen molar-refractivity contribution < 1.29 is 66.7 Å². The molecule has 2 aliphatic rings. The summed E-state index contributed by atoms with van der Waals surface area (Å²) in [5.41, 5.74) is 9.07. The van der Waals surface area contributed by atoms with Crippen molar-refractivity contribution in [3.63, 3.8) is 0 Å². The van der Waals surface area contributed by atoms with Crippen molar-refractivity contribution in [2.45, 2.75) is 32.7 Å². The second-order valence-electron chi connectivity index (χ2n) is 16.4. The molecule has 4 heterocycles. The van der Waals surface area contributed by atoms with Gasteiger partial charge in [-0.2, -0.15) is 0 Å². The molecule has 8 aromatic rings. The molecular formula is C56H50I2N6O2S4. The summed E-state index contributed by atoms with van der Waals surface area (Å²) >= 11 is 6.99. The minimum atomic E-state index is -0.133. The molecule has 2 aliphatic heterocycles. The molecule has 10 rings (SSSR count). The lowest BCUT2D eigenvalue weighted by molar-refractivity contribution is -0.608. The Morgan fingerprint density at radius 1 is 0.514 bits per heavy atom. The molecule has 70 heavy (non-hydrogen) atoms. The number of nitrogens with zero attached hydrogens (tertiary/aromatic N) is 4. The summed E-state index contributed by atoms with van der Waals surface area (Å²) in [5.74, 6) is 1.06. The normalized spacial score (nSPS) is 13.8. The number of carbonyl (C=O) groups is 2. The number of fused-ring (bicyclic) bond motifs is 4. The molecule has 354 valence electrons. The highest BCUT2D eigenvalue weighted by Gasteiger charge is 2.27. The smallest absolute Gasteiger partial charge is 0.247 e. The topological polar surface area (TPSA) is 72.4 Å². The van der Waals surface area contributed by atoms with Crippen molar-refractivity contribution in [3.05, 3.63) is 191 Å². The van der Waals surface area contributed by atoms with Crippen molar-refractivity contribution in [2.24, 2.45) is 0 Å². The molecule has 0 radical (unpaired) electrons. The Kier molecular flexibility index (Phi) is 17.6. The molecule has 2 aromatic heterocycles. The molecule has 0 bridgehead atoms. The van der Waals surface area contributed by atoms with E-state index in [1.54, 1.807) is 47.0 Å². The number of halogens is 2. The zero-order valence-electron chi connectivity index (χ0n) is 38.6. The van der Waals surface area contributed by atoms with Gasteiger partial charge < -0.3 is 68.4 Å². The fraction of sp³-hybridized carbons (Fsp3) is 0.143. The van der Waals surface area contributed by atoms with E-state index in [9.17, 15) is 9.59 Å². The van der Waals surface area contributed by atoms with Gasteiger partial charge in [0.25, 0.3) is 0 Å². The minimum absolute atomic E-state index is 0. The van der Waals surface area contributed by atoms with E-state index in [2.05, 4.69) is 214 Å². The average Bonchev–Trinajstić information content (AvgIpc) is 3.87. The average molecular weight is 1220 g/mol. The Morgan fingerprint density at radius 2 is 0.886 bits per heavy atom. The number of pyridine rings is 2. The van der Waals surface area contributed by atoms with Crippen LogP contribution in [0, 0.1) is 0 Å². The van der Waals surface area contributed by atoms with Gasteiger partial charge in [-0.05, 0) is 59.7 Å². The predicted octanol–water partition coefficient (Wildman–Crippen LogP) is 5.53. The number of amides is 2. The van der Waals surface area contributed by atoms with Crippen molar-refractivity contribution in [1.82, 2.24) is 10.6 Å². The van der Waals surface area contributed by atoms with Crippen LogP contribution in [0.15, 0.2) is 200 Å². The first kappa shape index (κ1) is 51.4. The lowest BCUT2D eigenvalue weighted by Crippen LogP contribution is -3.00. The molecule has 6 aromatic carbocycles. The summed E-state index contributed by atoms with van der Waals surface area (Å²) in [5, 5.41) is 13.0. The van der Waals surface area contributed by atoms with Crippen molar-refractivity contribution in [1.29, 1.82) is 0 Å². The van der Waals surface area contributed by atoms with Crippen LogP contribution in [0.5, 0.6) is 0 Å². The van der Waals surface area contributed by atoms with Crippen LogP contribution in [-0.2, 0) is 9.59 Å². The van der Waals surface area contributed by atoms with Gasteiger partial charge in [0.05, 0.1) is 32.2 Å². The molecule has 2 N–H and O–H groups in total. The summed E-state index contributed by atoms with van der Waals surface area (Å²) in [6, 6.07) is 59.4. The summed E-state index contributed by atoms with van der Waals surface area (Å²) in [4.78, 5) is 33.2. The molecule has 0 saturated heterocycles. The first-order valence-corrected chi connectivity index (χ1v) is 26.3. The maximum Gasteiger partial charge on any atom is 0.247 e. The van der Waals surface area contributed by atoms with Crippen LogP contribution in [0.4, 0.5) is 11.4 Å². The second-order valence-corrected chi connectivity index (χ2v) is 20.7. The van der Waals surface area contributed by atoms with Crippen LogP contribution in [-0.4, -0.2) is 50.5 Å². The number of thioether (sulfide) groups is 4. The fourth-order valence-corrected chi connectivity index (χ4v) is 12.7. The number of hydrogen-bond donors (Lipinski definition) is 2. The van der Waals surface area contributed by atoms with E-state index in [0.717, 1.165) is 54.4 Å². The van der Waals surface area contributed by atoms with Gasteiger partial charge in [0.15, 0.2) is 0 Å². The van der Waals surface area contributed by atoms with Crippen molar-refractivity contribution in [3.8, 4) is 11.4 Å². The molecule has 14 heteroatoms. The Labute approximate surface area is 460 Å². The summed E-state index contributed by atoms with van der Waals surface area (Å²) < 4.78 is 4.61. The van der Waals surface area contributed by atoms with Gasteiger partial charge in [-0.15, -0.1) is 9.13 Å². The van der Waals surface area contributed by atoms with E-state index in [1.807, 2.05) is 12.1 Å². The summed E-state index contributed by atoms with van der Waals surface area (Å²) in [6.07, 6.45) is 4.82. The van der Waals surface area contributed by atoms with Crippen molar-refractivity contribution in [2.75, 3.05) is 48.5 Å². The lowest BCUT2D eigenvalue weighted by Gasteiger charge is -2.14. The van der Waals surface area contributed by atoms with E-state index >= 15 is 0 Å². The largest absolute Gasteiger partial charge is 1.00 e. The van der Waals surface area contributed by atoms with Crippen LogP contribution in [0.3, 0.4) is 0 Å². The van der Waals surface area contributed by atoms with E-state index < -0.39 is 0 Å². The van der Waals surface area contributed by atoms with Crippen molar-refractivity contribution >= 4 is 104 Å². The minimum Gasteiger partial charge on any atom is -1.00 e. The van der Waals surface area contributed by atoms with Gasteiger partial charge >= 0.3 is 0 Å². The molecule has 0 fully saturated rings. The van der Waals surface area contributed by atoms with Gasteiger partial charge in [-0.25, -0.2) is 0 Å². The number of hydrogen-bond acceptors (Lipinski definition) is 8.